The number of nitrogens with one attached hydrogen (secondary N) is 2. The number of aromatic nitrogens is 3. The first-order valence-corrected chi connectivity index (χ1v) is 8.06. The van der Waals surface area contributed by atoms with Crippen LogP contribution in [0.3, 0.4) is 0 Å². The zero-order valence-electron chi connectivity index (χ0n) is 12.4. The van der Waals surface area contributed by atoms with Crippen molar-refractivity contribution in [1.29, 1.82) is 0 Å². The highest BCUT2D eigenvalue weighted by Crippen LogP contribution is 2.12. The van der Waals surface area contributed by atoms with E-state index in [1.807, 2.05) is 25.4 Å². The Kier molecular flexibility index (Phi) is 6.36. The van der Waals surface area contributed by atoms with E-state index in [1.165, 1.54) is 0 Å². The molecule has 6 nitrogen and oxygen atoms in total. The molecule has 2 aromatic rings. The highest BCUT2D eigenvalue weighted by atomic mass is 32.1. The second kappa shape index (κ2) is 8.53. The summed E-state index contributed by atoms with van der Waals surface area (Å²) in [4.78, 5) is 13.2. The average molecular weight is 307 g/mol. The second-order valence-electron chi connectivity index (χ2n) is 4.38. The van der Waals surface area contributed by atoms with Gasteiger partial charge in [-0.1, -0.05) is 0 Å². The van der Waals surface area contributed by atoms with Crippen molar-refractivity contribution in [1.82, 2.24) is 15.0 Å². The third-order valence-electron chi connectivity index (χ3n) is 2.74. The molecular weight excluding hydrogens is 286 g/mol. The van der Waals surface area contributed by atoms with Gasteiger partial charge < -0.3 is 15.4 Å². The van der Waals surface area contributed by atoms with E-state index in [2.05, 4.69) is 31.0 Å². The topological polar surface area (TPSA) is 72.0 Å². The number of hydrogen-bond donors (Lipinski definition) is 2. The minimum atomic E-state index is 0.427. The van der Waals surface area contributed by atoms with Crippen molar-refractivity contribution < 1.29 is 4.74 Å². The van der Waals surface area contributed by atoms with E-state index in [1.54, 1.807) is 11.3 Å². The Bertz CT molecular complexity index is 532. The molecule has 0 spiro atoms. The quantitative estimate of drug-likeness (QED) is 0.742. The number of thiazole rings is 1. The van der Waals surface area contributed by atoms with Gasteiger partial charge in [-0.05, 0) is 13.8 Å². The van der Waals surface area contributed by atoms with Crippen LogP contribution < -0.4 is 10.6 Å². The van der Waals surface area contributed by atoms with Crippen LogP contribution >= 0.6 is 11.3 Å². The molecule has 2 aromatic heterocycles. The maximum absolute atomic E-state index is 5.38. The monoisotopic (exact) mass is 307 g/mol. The van der Waals surface area contributed by atoms with E-state index in [4.69, 9.17) is 4.74 Å². The molecule has 0 saturated heterocycles. The summed E-state index contributed by atoms with van der Waals surface area (Å²) in [7, 11) is 0. The lowest BCUT2D eigenvalue weighted by Gasteiger charge is -2.10. The van der Waals surface area contributed by atoms with Crippen LogP contribution in [0.15, 0.2) is 17.0 Å². The molecular formula is C14H21N5OS. The van der Waals surface area contributed by atoms with Gasteiger partial charge in [0.25, 0.3) is 0 Å². The van der Waals surface area contributed by atoms with Gasteiger partial charge in [0.15, 0.2) is 5.82 Å². The zero-order chi connectivity index (χ0) is 14.9. The lowest BCUT2D eigenvalue weighted by atomic mass is 10.3. The molecule has 0 saturated carbocycles. The highest BCUT2D eigenvalue weighted by molar-refractivity contribution is 7.07. The minimum Gasteiger partial charge on any atom is -0.374 e. The van der Waals surface area contributed by atoms with Crippen LogP contribution in [0.2, 0.25) is 0 Å². The molecule has 0 bridgehead atoms. The van der Waals surface area contributed by atoms with Gasteiger partial charge in [0.05, 0.1) is 11.2 Å². The normalized spacial score (nSPS) is 10.6. The molecule has 114 valence electrons. The predicted molar refractivity (Wildman–Crippen MR) is 85.8 cm³/mol. The van der Waals surface area contributed by atoms with E-state index >= 15 is 0 Å². The van der Waals surface area contributed by atoms with Crippen molar-refractivity contribution >= 4 is 23.0 Å². The molecule has 2 N–H and O–H groups in total. The molecule has 7 heteroatoms. The Morgan fingerprint density at radius 2 is 2.00 bits per heavy atom. The lowest BCUT2D eigenvalue weighted by molar-refractivity contribution is 0.128. The molecule has 0 aliphatic carbocycles. The standard InChI is InChI=1S/C14H21N5OS/c1-3-15-12-7-13(19-14(18-12)8-20-4-2)16-6-5-11-9-21-10-17-11/h7,9-10H,3-6,8H2,1-2H3,(H2,15,16,18,19). The van der Waals surface area contributed by atoms with E-state index in [0.29, 0.717) is 19.0 Å². The fourth-order valence-corrected chi connectivity index (χ4v) is 2.39. The summed E-state index contributed by atoms with van der Waals surface area (Å²) in [5, 5.41) is 8.59. The molecule has 0 aromatic carbocycles. The Morgan fingerprint density at radius 3 is 2.67 bits per heavy atom. The largest absolute Gasteiger partial charge is 0.374 e. The minimum absolute atomic E-state index is 0.427. The second-order valence-corrected chi connectivity index (χ2v) is 5.10. The summed E-state index contributed by atoms with van der Waals surface area (Å²) in [5.74, 6) is 2.32. The van der Waals surface area contributed by atoms with E-state index in [-0.39, 0.29) is 0 Å². The van der Waals surface area contributed by atoms with Crippen LogP contribution in [0.5, 0.6) is 0 Å². The van der Waals surface area contributed by atoms with Crippen molar-refractivity contribution in [3.8, 4) is 0 Å². The lowest BCUT2D eigenvalue weighted by Crippen LogP contribution is -2.11. The molecule has 0 amide bonds. The Hall–Kier alpha value is -1.73. The number of hydrogen-bond acceptors (Lipinski definition) is 7. The van der Waals surface area contributed by atoms with Gasteiger partial charge in [0.2, 0.25) is 0 Å². The van der Waals surface area contributed by atoms with Crippen molar-refractivity contribution in [2.24, 2.45) is 0 Å². The van der Waals surface area contributed by atoms with Crippen molar-refractivity contribution in [3.63, 3.8) is 0 Å². The van der Waals surface area contributed by atoms with Crippen LogP contribution in [-0.4, -0.2) is 34.6 Å². The Morgan fingerprint density at radius 1 is 1.19 bits per heavy atom. The van der Waals surface area contributed by atoms with Crippen LogP contribution in [0.4, 0.5) is 11.6 Å². The van der Waals surface area contributed by atoms with Crippen molar-refractivity contribution in [2.45, 2.75) is 26.9 Å². The summed E-state index contributed by atoms with van der Waals surface area (Å²) >= 11 is 1.62. The molecule has 0 atom stereocenters. The Labute approximate surface area is 129 Å². The summed E-state index contributed by atoms with van der Waals surface area (Å²) in [6, 6.07) is 1.92. The van der Waals surface area contributed by atoms with Gasteiger partial charge in [-0.15, -0.1) is 11.3 Å². The predicted octanol–water partition coefficient (Wildman–Crippen LogP) is 2.56. The van der Waals surface area contributed by atoms with Crippen molar-refractivity contribution in [2.75, 3.05) is 30.3 Å². The molecule has 0 aliphatic heterocycles. The van der Waals surface area contributed by atoms with Gasteiger partial charge in [-0.2, -0.15) is 0 Å². The SMILES string of the molecule is CCNc1cc(NCCc2cscn2)nc(COCC)n1. The molecule has 0 fully saturated rings. The average Bonchev–Trinajstić information content (AvgIpc) is 2.99. The third kappa shape index (κ3) is 5.28. The molecule has 0 unspecified atom stereocenters. The molecule has 0 radical (unpaired) electrons. The molecule has 2 rings (SSSR count). The van der Waals surface area contributed by atoms with Gasteiger partial charge >= 0.3 is 0 Å². The third-order valence-corrected chi connectivity index (χ3v) is 3.37. The maximum atomic E-state index is 5.38. The van der Waals surface area contributed by atoms with Crippen LogP contribution in [0, 0.1) is 0 Å². The van der Waals surface area contributed by atoms with Crippen LogP contribution in [0.1, 0.15) is 25.4 Å². The summed E-state index contributed by atoms with van der Waals surface area (Å²) < 4.78 is 5.38. The van der Waals surface area contributed by atoms with Gasteiger partial charge in [-0.3, -0.25) is 0 Å². The number of ether oxygens (including phenoxy) is 1. The van der Waals surface area contributed by atoms with Crippen LogP contribution in [0.25, 0.3) is 0 Å². The van der Waals surface area contributed by atoms with E-state index in [9.17, 15) is 0 Å². The first kappa shape index (κ1) is 15.7. The molecule has 2 heterocycles. The van der Waals surface area contributed by atoms with Gasteiger partial charge in [0, 0.05) is 37.6 Å². The first-order valence-electron chi connectivity index (χ1n) is 7.12. The number of rotatable bonds is 9. The zero-order valence-corrected chi connectivity index (χ0v) is 13.2. The van der Waals surface area contributed by atoms with Gasteiger partial charge in [0.1, 0.15) is 18.2 Å². The number of nitrogens with zero attached hydrogens (tertiary/aromatic N) is 3. The maximum Gasteiger partial charge on any atom is 0.158 e. The smallest absolute Gasteiger partial charge is 0.158 e. The fraction of sp³-hybridized carbons (Fsp3) is 0.500. The highest BCUT2D eigenvalue weighted by Gasteiger charge is 2.05. The van der Waals surface area contributed by atoms with E-state index in [0.717, 1.165) is 36.8 Å². The summed E-state index contributed by atoms with van der Waals surface area (Å²) in [5.41, 5.74) is 2.95. The van der Waals surface area contributed by atoms with Crippen LogP contribution in [-0.2, 0) is 17.8 Å². The summed E-state index contributed by atoms with van der Waals surface area (Å²) in [6.45, 7) is 6.70. The Balaban J connectivity index is 1.97. The molecule has 0 aliphatic rings. The van der Waals surface area contributed by atoms with Gasteiger partial charge in [-0.25, -0.2) is 15.0 Å². The van der Waals surface area contributed by atoms with Crippen molar-refractivity contribution in [3.05, 3.63) is 28.5 Å². The fourth-order valence-electron chi connectivity index (χ4n) is 1.80. The van der Waals surface area contributed by atoms with E-state index < -0.39 is 0 Å². The molecule has 21 heavy (non-hydrogen) atoms. The summed E-state index contributed by atoms with van der Waals surface area (Å²) in [6.07, 6.45) is 0.880. The number of anilines is 2. The first-order chi connectivity index (χ1) is 10.3.